The maximum atomic E-state index is 12.2. The van der Waals surface area contributed by atoms with Crippen LogP contribution in [0.2, 0.25) is 0 Å². The fraction of sp³-hybridized carbons (Fsp3) is 0.692. The van der Waals surface area contributed by atoms with Crippen LogP contribution >= 0.6 is 0 Å². The SMILES string of the molecule is CC(C)c1cc(N2CCC(N(N)OC(=O)C(F)(F)F)CC2)n[nH]1. The van der Waals surface area contributed by atoms with E-state index in [-0.39, 0.29) is 0 Å². The van der Waals surface area contributed by atoms with Gasteiger partial charge >= 0.3 is 12.1 Å². The van der Waals surface area contributed by atoms with Gasteiger partial charge in [-0.15, -0.1) is 0 Å². The third-order valence-electron chi connectivity index (χ3n) is 3.77. The molecule has 1 saturated heterocycles. The monoisotopic (exact) mass is 335 g/mol. The Hall–Kier alpha value is -1.81. The summed E-state index contributed by atoms with van der Waals surface area (Å²) >= 11 is 0. The van der Waals surface area contributed by atoms with Crippen LogP contribution in [0.25, 0.3) is 0 Å². The smallest absolute Gasteiger partial charge is 0.355 e. The molecule has 3 N–H and O–H groups in total. The minimum Gasteiger partial charge on any atom is -0.355 e. The quantitative estimate of drug-likeness (QED) is 0.643. The molecule has 0 unspecified atom stereocenters. The van der Waals surface area contributed by atoms with E-state index in [1.165, 1.54) is 0 Å². The number of nitrogens with two attached hydrogens (primary N) is 1. The summed E-state index contributed by atoms with van der Waals surface area (Å²) in [6.45, 7) is 5.21. The van der Waals surface area contributed by atoms with Crippen molar-refractivity contribution in [2.45, 2.75) is 44.8 Å². The average Bonchev–Trinajstić information content (AvgIpc) is 2.96. The number of hydroxylamine groups is 1. The Morgan fingerprint density at radius 2 is 2.09 bits per heavy atom. The lowest BCUT2D eigenvalue weighted by atomic mass is 10.1. The molecule has 0 amide bonds. The van der Waals surface area contributed by atoms with Gasteiger partial charge in [0.2, 0.25) is 0 Å². The van der Waals surface area contributed by atoms with E-state index >= 15 is 0 Å². The average molecular weight is 335 g/mol. The topological polar surface area (TPSA) is 87.5 Å². The van der Waals surface area contributed by atoms with Gasteiger partial charge in [0.05, 0.1) is 6.04 Å². The largest absolute Gasteiger partial charge is 0.492 e. The van der Waals surface area contributed by atoms with Crippen LogP contribution in [0, 0.1) is 0 Å². The number of carbonyl (C=O) groups is 1. The second kappa shape index (κ2) is 6.75. The van der Waals surface area contributed by atoms with Crippen molar-refractivity contribution in [1.29, 1.82) is 0 Å². The first-order valence-corrected chi connectivity index (χ1v) is 7.31. The van der Waals surface area contributed by atoms with Crippen LogP contribution in [-0.4, -0.2) is 46.6 Å². The normalized spacial score (nSPS) is 17.1. The summed E-state index contributed by atoms with van der Waals surface area (Å²) in [4.78, 5) is 16.9. The molecule has 0 aromatic carbocycles. The third-order valence-corrected chi connectivity index (χ3v) is 3.77. The Morgan fingerprint density at radius 3 is 2.57 bits per heavy atom. The van der Waals surface area contributed by atoms with E-state index in [9.17, 15) is 18.0 Å². The molecule has 0 saturated carbocycles. The number of alkyl halides is 3. The van der Waals surface area contributed by atoms with Crippen LogP contribution in [0.1, 0.15) is 38.3 Å². The number of rotatable bonds is 4. The first kappa shape index (κ1) is 17.5. The Kier molecular flexibility index (Phi) is 5.15. The Bertz CT molecular complexity index is 538. The molecule has 0 radical (unpaired) electrons. The first-order chi connectivity index (χ1) is 10.7. The number of piperidine rings is 1. The molecule has 0 aliphatic carbocycles. The lowest BCUT2D eigenvalue weighted by Crippen LogP contribution is -2.50. The Morgan fingerprint density at radius 1 is 1.48 bits per heavy atom. The summed E-state index contributed by atoms with van der Waals surface area (Å²) in [7, 11) is 0. The number of hydrogen-bond acceptors (Lipinski definition) is 6. The van der Waals surface area contributed by atoms with Gasteiger partial charge in [-0.2, -0.15) is 18.3 Å². The van der Waals surface area contributed by atoms with Crippen molar-refractivity contribution in [3.05, 3.63) is 11.8 Å². The number of carbonyl (C=O) groups excluding carboxylic acids is 1. The van der Waals surface area contributed by atoms with Gasteiger partial charge in [-0.1, -0.05) is 19.0 Å². The molecule has 0 spiro atoms. The van der Waals surface area contributed by atoms with Crippen molar-refractivity contribution in [3.8, 4) is 0 Å². The van der Waals surface area contributed by atoms with Crippen LogP contribution in [0.4, 0.5) is 19.0 Å². The molecule has 2 rings (SSSR count). The number of hydrazine groups is 1. The molecule has 7 nitrogen and oxygen atoms in total. The van der Waals surface area contributed by atoms with Crippen molar-refractivity contribution in [2.75, 3.05) is 18.0 Å². The summed E-state index contributed by atoms with van der Waals surface area (Å²) in [6, 6.07) is 1.50. The fourth-order valence-electron chi connectivity index (χ4n) is 2.35. The maximum absolute atomic E-state index is 12.2. The van der Waals surface area contributed by atoms with Crippen LogP contribution < -0.4 is 10.7 Å². The van der Waals surface area contributed by atoms with E-state index < -0.39 is 18.2 Å². The van der Waals surface area contributed by atoms with Crippen molar-refractivity contribution in [2.24, 2.45) is 5.84 Å². The van der Waals surface area contributed by atoms with Crippen molar-refractivity contribution in [1.82, 2.24) is 15.4 Å². The summed E-state index contributed by atoms with van der Waals surface area (Å²) in [5.41, 5.74) is 1.02. The molecule has 2 heterocycles. The van der Waals surface area contributed by atoms with Gasteiger partial charge in [-0.3, -0.25) is 5.10 Å². The molecule has 1 aromatic heterocycles. The fourth-order valence-corrected chi connectivity index (χ4v) is 2.35. The van der Waals surface area contributed by atoms with Crippen LogP contribution in [-0.2, 0) is 9.63 Å². The van der Waals surface area contributed by atoms with Crippen LogP contribution in [0.5, 0.6) is 0 Å². The van der Waals surface area contributed by atoms with Gasteiger partial charge in [-0.05, 0) is 18.8 Å². The van der Waals surface area contributed by atoms with E-state index in [2.05, 4.69) is 15.0 Å². The molecule has 1 aromatic rings. The standard InChI is InChI=1S/C13H20F3N5O2/c1-8(2)10-7-11(19-18-10)20-5-3-9(4-6-20)21(17)23-12(22)13(14,15)16/h7-9H,3-6,17H2,1-2H3,(H,18,19). The predicted octanol–water partition coefficient (Wildman–Crippen LogP) is 1.70. The van der Waals surface area contributed by atoms with Gasteiger partial charge < -0.3 is 9.74 Å². The van der Waals surface area contributed by atoms with Crippen LogP contribution in [0.15, 0.2) is 6.07 Å². The first-order valence-electron chi connectivity index (χ1n) is 7.31. The minimum absolute atomic E-state index is 0.329. The molecule has 10 heteroatoms. The van der Waals surface area contributed by atoms with Gasteiger partial charge in [-0.25, -0.2) is 10.6 Å². The summed E-state index contributed by atoms with van der Waals surface area (Å²) in [5.74, 6) is 4.24. The second-order valence-corrected chi connectivity index (χ2v) is 5.79. The zero-order chi connectivity index (χ0) is 17.2. The number of anilines is 1. The highest BCUT2D eigenvalue weighted by atomic mass is 19.4. The number of aromatic nitrogens is 2. The second-order valence-electron chi connectivity index (χ2n) is 5.79. The van der Waals surface area contributed by atoms with E-state index in [1.54, 1.807) is 0 Å². The lowest BCUT2D eigenvalue weighted by Gasteiger charge is -2.35. The van der Waals surface area contributed by atoms with E-state index in [1.807, 2.05) is 24.8 Å². The Labute approximate surface area is 131 Å². The highest BCUT2D eigenvalue weighted by Crippen LogP contribution is 2.24. The summed E-state index contributed by atoms with van der Waals surface area (Å²) < 4.78 is 36.5. The number of aromatic amines is 1. The number of halogens is 3. The zero-order valence-electron chi connectivity index (χ0n) is 12.9. The molecule has 1 aliphatic heterocycles. The highest BCUT2D eigenvalue weighted by molar-refractivity contribution is 5.75. The molecule has 1 fully saturated rings. The zero-order valence-corrected chi connectivity index (χ0v) is 12.9. The minimum atomic E-state index is -5.05. The molecule has 1 aliphatic rings. The van der Waals surface area contributed by atoms with E-state index in [0.717, 1.165) is 11.5 Å². The van der Waals surface area contributed by atoms with E-state index in [4.69, 9.17) is 5.84 Å². The molecular formula is C13H20F3N5O2. The molecular weight excluding hydrogens is 315 g/mol. The van der Waals surface area contributed by atoms with Crippen LogP contribution in [0.3, 0.4) is 0 Å². The lowest BCUT2D eigenvalue weighted by molar-refractivity contribution is -0.249. The van der Waals surface area contributed by atoms with Crippen molar-refractivity contribution >= 4 is 11.8 Å². The number of H-pyrrole nitrogens is 1. The van der Waals surface area contributed by atoms with Gasteiger partial charge in [0.15, 0.2) is 5.82 Å². The summed E-state index contributed by atoms with van der Waals surface area (Å²) in [5, 5.41) is 7.70. The number of hydrogen-bond donors (Lipinski definition) is 2. The van der Waals surface area contributed by atoms with Crippen molar-refractivity contribution in [3.63, 3.8) is 0 Å². The number of nitrogens with one attached hydrogen (secondary N) is 1. The number of nitrogens with zero attached hydrogens (tertiary/aromatic N) is 3. The Balaban J connectivity index is 1.86. The third kappa shape index (κ3) is 4.35. The predicted molar refractivity (Wildman–Crippen MR) is 76.1 cm³/mol. The molecule has 0 atom stereocenters. The maximum Gasteiger partial charge on any atom is 0.492 e. The van der Waals surface area contributed by atoms with Gasteiger partial charge in [0, 0.05) is 24.8 Å². The molecule has 130 valence electrons. The van der Waals surface area contributed by atoms with Gasteiger partial charge in [0.25, 0.3) is 0 Å². The van der Waals surface area contributed by atoms with Crippen molar-refractivity contribution < 1.29 is 22.8 Å². The van der Waals surface area contributed by atoms with Gasteiger partial charge in [0.1, 0.15) is 0 Å². The molecule has 0 bridgehead atoms. The van der Waals surface area contributed by atoms with E-state index in [0.29, 0.717) is 37.0 Å². The summed E-state index contributed by atoms with van der Waals surface area (Å²) in [6.07, 6.45) is -4.13. The molecule has 23 heavy (non-hydrogen) atoms. The highest BCUT2D eigenvalue weighted by Gasteiger charge is 2.43.